The van der Waals surface area contributed by atoms with Crippen LogP contribution in [0.4, 0.5) is 0 Å². The van der Waals surface area contributed by atoms with Crippen molar-refractivity contribution < 1.29 is 19.5 Å². The van der Waals surface area contributed by atoms with Crippen LogP contribution in [0.2, 0.25) is 0 Å². The second kappa shape index (κ2) is 3.54. The Kier molecular flexibility index (Phi) is 2.45. The number of pyridine rings is 1. The number of hydrogen-bond donors (Lipinski definition) is 1. The lowest BCUT2D eigenvalue weighted by molar-refractivity contribution is -0.906. The maximum Gasteiger partial charge on any atom is 0.338 e. The largest absolute Gasteiger partial charge is 0.465 e. The molecule has 0 saturated heterocycles. The molecule has 1 aromatic heterocycles. The van der Waals surface area contributed by atoms with E-state index in [9.17, 15) is 4.79 Å². The van der Waals surface area contributed by atoms with E-state index in [0.717, 1.165) is 0 Å². The van der Waals surface area contributed by atoms with Crippen LogP contribution >= 0.6 is 0 Å². The summed E-state index contributed by atoms with van der Waals surface area (Å²) in [5.74, 6) is -0.544. The number of hydrogen-bond acceptors (Lipinski definition) is 4. The predicted octanol–water partition coefficient (Wildman–Crippen LogP) is -0.130. The fraction of sp³-hybridized carbons (Fsp3) is 0.125. The Morgan fingerprint density at radius 2 is 2.46 bits per heavy atom. The van der Waals surface area contributed by atoms with Crippen LogP contribution in [0.1, 0.15) is 16.1 Å². The van der Waals surface area contributed by atoms with Gasteiger partial charge in [0.25, 0.3) is 0 Å². The first kappa shape index (κ1) is 9.00. The van der Waals surface area contributed by atoms with Crippen LogP contribution in [0.3, 0.4) is 0 Å². The normalized spacial score (nSPS) is 8.92. The molecular formula is C8H7N2O3+. The first-order valence-corrected chi connectivity index (χ1v) is 3.42. The number of ether oxygens (including phenoxy) is 1. The van der Waals surface area contributed by atoms with Gasteiger partial charge in [-0.15, -0.1) is 0 Å². The van der Waals surface area contributed by atoms with Gasteiger partial charge in [-0.3, -0.25) is 5.21 Å². The third-order valence-electron chi connectivity index (χ3n) is 1.47. The van der Waals surface area contributed by atoms with Crippen LogP contribution in [0.15, 0.2) is 18.3 Å². The van der Waals surface area contributed by atoms with Crippen molar-refractivity contribution in [2.75, 3.05) is 7.11 Å². The second-order valence-corrected chi connectivity index (χ2v) is 2.25. The minimum atomic E-state index is -0.544. The van der Waals surface area contributed by atoms with E-state index in [2.05, 4.69) is 4.74 Å². The van der Waals surface area contributed by atoms with E-state index in [0.29, 0.717) is 4.73 Å². The zero-order valence-corrected chi connectivity index (χ0v) is 6.89. The number of nitrogens with zero attached hydrogens (tertiary/aromatic N) is 2. The molecule has 0 aliphatic carbocycles. The molecule has 0 aliphatic heterocycles. The first-order chi connectivity index (χ1) is 6.19. The van der Waals surface area contributed by atoms with E-state index in [-0.39, 0.29) is 11.3 Å². The van der Waals surface area contributed by atoms with E-state index < -0.39 is 5.97 Å². The molecule has 0 radical (unpaired) electrons. The number of carbonyl (C=O) groups is 1. The highest BCUT2D eigenvalue weighted by Crippen LogP contribution is 2.00. The van der Waals surface area contributed by atoms with Crippen molar-refractivity contribution in [1.29, 1.82) is 5.26 Å². The summed E-state index contributed by atoms with van der Waals surface area (Å²) in [6, 6.07) is 4.32. The number of aromatic nitrogens is 1. The molecule has 0 aromatic carbocycles. The van der Waals surface area contributed by atoms with E-state index in [1.165, 1.54) is 25.4 Å². The van der Waals surface area contributed by atoms with Gasteiger partial charge in [-0.25, -0.2) is 4.79 Å². The minimum Gasteiger partial charge on any atom is -0.465 e. The Bertz CT molecular complexity index is 381. The molecule has 66 valence electrons. The van der Waals surface area contributed by atoms with Gasteiger partial charge in [0, 0.05) is 16.9 Å². The fourth-order valence-electron chi connectivity index (χ4n) is 0.821. The van der Waals surface area contributed by atoms with Gasteiger partial charge < -0.3 is 4.74 Å². The average Bonchev–Trinajstić information content (AvgIpc) is 2.17. The van der Waals surface area contributed by atoms with Gasteiger partial charge in [0.15, 0.2) is 6.07 Å². The van der Waals surface area contributed by atoms with Gasteiger partial charge in [0.05, 0.1) is 12.7 Å². The maximum atomic E-state index is 11.0. The number of rotatable bonds is 1. The van der Waals surface area contributed by atoms with Crippen molar-refractivity contribution in [3.05, 3.63) is 29.6 Å². The van der Waals surface area contributed by atoms with Gasteiger partial charge in [-0.2, -0.15) is 5.26 Å². The highest BCUT2D eigenvalue weighted by Gasteiger charge is 2.14. The predicted molar refractivity (Wildman–Crippen MR) is 39.9 cm³/mol. The standard InChI is InChI=1S/C8H7N2O3/c1-13-8(11)6-2-3-10(12)7(4-6)5-9/h2-4,12H,1H3/q+1. The van der Waals surface area contributed by atoms with E-state index in [1.54, 1.807) is 6.07 Å². The number of methoxy groups -OCH3 is 1. The molecule has 0 aliphatic rings. The number of carbonyl (C=O) groups excluding carboxylic acids is 1. The van der Waals surface area contributed by atoms with Crippen molar-refractivity contribution in [1.82, 2.24) is 0 Å². The summed E-state index contributed by atoms with van der Waals surface area (Å²) < 4.78 is 5.07. The van der Waals surface area contributed by atoms with Crippen LogP contribution in [-0.4, -0.2) is 18.3 Å². The molecule has 0 amide bonds. The van der Waals surface area contributed by atoms with Crippen molar-refractivity contribution in [3.8, 4) is 6.07 Å². The first-order valence-electron chi connectivity index (χ1n) is 3.42. The lowest BCUT2D eigenvalue weighted by Gasteiger charge is -1.95. The summed E-state index contributed by atoms with van der Waals surface area (Å²) in [6.45, 7) is 0. The molecule has 0 saturated carbocycles. The molecule has 5 heteroatoms. The van der Waals surface area contributed by atoms with E-state index >= 15 is 0 Å². The van der Waals surface area contributed by atoms with Crippen LogP contribution in [0.25, 0.3) is 0 Å². The van der Waals surface area contributed by atoms with E-state index in [1.807, 2.05) is 0 Å². The van der Waals surface area contributed by atoms with Gasteiger partial charge in [-0.05, 0) is 0 Å². The van der Waals surface area contributed by atoms with E-state index in [4.69, 9.17) is 10.5 Å². The summed E-state index contributed by atoms with van der Waals surface area (Å²) in [5.41, 5.74) is 0.201. The summed E-state index contributed by atoms with van der Waals surface area (Å²) in [4.78, 5) is 11.0. The van der Waals surface area contributed by atoms with Crippen molar-refractivity contribution in [2.45, 2.75) is 0 Å². The topological polar surface area (TPSA) is 74.2 Å². The number of nitriles is 1. The Morgan fingerprint density at radius 3 is 3.00 bits per heavy atom. The monoisotopic (exact) mass is 179 g/mol. The summed E-state index contributed by atoms with van der Waals surface area (Å²) >= 11 is 0. The van der Waals surface area contributed by atoms with Crippen LogP contribution in [-0.2, 0) is 4.74 Å². The third-order valence-corrected chi connectivity index (χ3v) is 1.47. The molecule has 0 atom stereocenters. The number of esters is 1. The quantitative estimate of drug-likeness (QED) is 0.370. The van der Waals surface area contributed by atoms with Crippen molar-refractivity contribution in [3.63, 3.8) is 0 Å². The minimum absolute atomic E-state index is 0.0251. The molecule has 1 rings (SSSR count). The Morgan fingerprint density at radius 1 is 1.77 bits per heavy atom. The zero-order chi connectivity index (χ0) is 9.84. The zero-order valence-electron chi connectivity index (χ0n) is 6.89. The highest BCUT2D eigenvalue weighted by atomic mass is 16.5. The molecule has 1 aromatic rings. The second-order valence-electron chi connectivity index (χ2n) is 2.25. The molecule has 0 bridgehead atoms. The molecule has 0 unspecified atom stereocenters. The van der Waals surface area contributed by atoms with Crippen molar-refractivity contribution in [2.24, 2.45) is 0 Å². The maximum absolute atomic E-state index is 11.0. The summed E-state index contributed by atoms with van der Waals surface area (Å²) in [7, 11) is 1.24. The van der Waals surface area contributed by atoms with Crippen LogP contribution in [0, 0.1) is 11.3 Å². The smallest absolute Gasteiger partial charge is 0.338 e. The molecule has 1 heterocycles. The lowest BCUT2D eigenvalue weighted by atomic mass is 10.2. The summed E-state index contributed by atoms with van der Waals surface area (Å²) in [6.07, 6.45) is 1.20. The average molecular weight is 179 g/mol. The molecule has 0 fully saturated rings. The molecule has 0 spiro atoms. The lowest BCUT2D eigenvalue weighted by Crippen LogP contribution is -2.33. The fourth-order valence-corrected chi connectivity index (χ4v) is 0.821. The Balaban J connectivity index is 3.15. The van der Waals surface area contributed by atoms with Gasteiger partial charge in [-0.1, -0.05) is 0 Å². The summed E-state index contributed by atoms with van der Waals surface area (Å²) in [5, 5.41) is 17.5. The molecule has 1 N–H and O–H groups in total. The Labute approximate surface area is 74.4 Å². The van der Waals surface area contributed by atoms with Crippen LogP contribution < -0.4 is 4.73 Å². The molecular weight excluding hydrogens is 172 g/mol. The SMILES string of the molecule is COC(=O)c1cc[n+](O)c(C#N)c1. The third kappa shape index (κ3) is 1.73. The Hall–Kier alpha value is -2.09. The van der Waals surface area contributed by atoms with Crippen molar-refractivity contribution >= 4 is 5.97 Å². The molecule has 5 nitrogen and oxygen atoms in total. The van der Waals surface area contributed by atoms with Crippen LogP contribution in [0.5, 0.6) is 0 Å². The van der Waals surface area contributed by atoms with Gasteiger partial charge in [0.1, 0.15) is 0 Å². The van der Waals surface area contributed by atoms with Gasteiger partial charge in [0.2, 0.25) is 6.20 Å². The van der Waals surface area contributed by atoms with Gasteiger partial charge >= 0.3 is 11.7 Å². The molecule has 13 heavy (non-hydrogen) atoms. The highest BCUT2D eigenvalue weighted by molar-refractivity contribution is 5.89.